The molecule has 0 heterocycles. The molecule has 134 valence electrons. The first kappa shape index (κ1) is 18.6. The SMILES string of the molecule is CCO[C@@H]1C[C@H](N(C)C(=O)[C@H]2CCC[C@@H](C(F)(F)F)C2)C1(C)C. The second kappa shape index (κ2) is 6.61. The highest BCUT2D eigenvalue weighted by Crippen LogP contribution is 2.47. The van der Waals surface area contributed by atoms with Gasteiger partial charge >= 0.3 is 6.18 Å². The number of nitrogens with zero attached hydrogens (tertiary/aromatic N) is 1. The van der Waals surface area contributed by atoms with Gasteiger partial charge in [-0.15, -0.1) is 0 Å². The molecule has 0 N–H and O–H groups in total. The topological polar surface area (TPSA) is 29.5 Å². The van der Waals surface area contributed by atoms with Gasteiger partial charge in [-0.1, -0.05) is 20.3 Å². The van der Waals surface area contributed by atoms with Crippen LogP contribution in [0.4, 0.5) is 13.2 Å². The largest absolute Gasteiger partial charge is 0.391 e. The van der Waals surface area contributed by atoms with E-state index in [0.717, 1.165) is 6.42 Å². The number of alkyl halides is 3. The molecular weight excluding hydrogens is 307 g/mol. The summed E-state index contributed by atoms with van der Waals surface area (Å²) >= 11 is 0. The van der Waals surface area contributed by atoms with E-state index in [0.29, 0.717) is 19.4 Å². The van der Waals surface area contributed by atoms with Crippen LogP contribution in [0.15, 0.2) is 0 Å². The van der Waals surface area contributed by atoms with Gasteiger partial charge in [-0.25, -0.2) is 0 Å². The lowest BCUT2D eigenvalue weighted by atomic mass is 9.63. The van der Waals surface area contributed by atoms with E-state index in [-0.39, 0.29) is 36.3 Å². The van der Waals surface area contributed by atoms with Crippen molar-refractivity contribution in [2.45, 2.75) is 71.2 Å². The standard InChI is InChI=1S/C17H28F3NO2/c1-5-23-14-10-13(16(14,2)3)21(4)15(22)11-7-6-8-12(9-11)17(18,19)20/h11-14H,5-10H2,1-4H3/t11-,12+,13-,14+/m0/s1. The number of hydrogen-bond acceptors (Lipinski definition) is 2. The highest BCUT2D eigenvalue weighted by molar-refractivity contribution is 5.79. The Labute approximate surface area is 136 Å². The number of rotatable bonds is 4. The Kier molecular flexibility index (Phi) is 5.34. The third-order valence-corrected chi connectivity index (χ3v) is 5.80. The molecule has 2 saturated carbocycles. The first-order valence-electron chi connectivity index (χ1n) is 8.54. The summed E-state index contributed by atoms with van der Waals surface area (Å²) in [7, 11) is 1.73. The van der Waals surface area contributed by atoms with E-state index >= 15 is 0 Å². The van der Waals surface area contributed by atoms with Crippen LogP contribution in [0.2, 0.25) is 0 Å². The summed E-state index contributed by atoms with van der Waals surface area (Å²) in [5.41, 5.74) is -0.154. The van der Waals surface area contributed by atoms with Crippen LogP contribution in [0.25, 0.3) is 0 Å². The van der Waals surface area contributed by atoms with Crippen LogP contribution in [-0.4, -0.2) is 42.8 Å². The molecule has 0 aromatic heterocycles. The van der Waals surface area contributed by atoms with Gasteiger partial charge in [-0.2, -0.15) is 13.2 Å². The number of amides is 1. The maximum Gasteiger partial charge on any atom is 0.391 e. The van der Waals surface area contributed by atoms with E-state index < -0.39 is 18.0 Å². The fourth-order valence-corrected chi connectivity index (χ4v) is 4.16. The van der Waals surface area contributed by atoms with Crippen LogP contribution in [-0.2, 0) is 9.53 Å². The second-order valence-electron chi connectivity index (χ2n) is 7.57. The molecule has 4 atom stereocenters. The first-order valence-corrected chi connectivity index (χ1v) is 8.54. The smallest absolute Gasteiger partial charge is 0.378 e. The Balaban J connectivity index is 1.98. The maximum absolute atomic E-state index is 12.9. The Morgan fingerprint density at radius 3 is 2.43 bits per heavy atom. The van der Waals surface area contributed by atoms with E-state index in [9.17, 15) is 18.0 Å². The van der Waals surface area contributed by atoms with Gasteiger partial charge in [-0.3, -0.25) is 4.79 Å². The van der Waals surface area contributed by atoms with Gasteiger partial charge in [0.05, 0.1) is 12.0 Å². The Hall–Kier alpha value is -0.780. The van der Waals surface area contributed by atoms with Crippen molar-refractivity contribution in [1.29, 1.82) is 0 Å². The maximum atomic E-state index is 12.9. The van der Waals surface area contributed by atoms with Crippen LogP contribution >= 0.6 is 0 Å². The number of halogens is 3. The molecule has 2 aliphatic carbocycles. The quantitative estimate of drug-likeness (QED) is 0.777. The lowest BCUT2D eigenvalue weighted by Gasteiger charge is -2.55. The number of ether oxygens (including phenoxy) is 1. The van der Waals surface area contributed by atoms with Gasteiger partial charge in [0.1, 0.15) is 0 Å². The van der Waals surface area contributed by atoms with Crippen LogP contribution in [0.1, 0.15) is 52.9 Å². The average molecular weight is 335 g/mol. The minimum atomic E-state index is -4.19. The van der Waals surface area contributed by atoms with Crippen molar-refractivity contribution >= 4 is 5.91 Å². The summed E-state index contributed by atoms with van der Waals surface area (Å²) in [6.07, 6.45) is -2.18. The van der Waals surface area contributed by atoms with E-state index in [2.05, 4.69) is 13.8 Å². The Bertz CT molecular complexity index is 436. The van der Waals surface area contributed by atoms with Gasteiger partial charge in [0.25, 0.3) is 0 Å². The molecule has 23 heavy (non-hydrogen) atoms. The van der Waals surface area contributed by atoms with Crippen molar-refractivity contribution in [3.05, 3.63) is 0 Å². The summed E-state index contributed by atoms with van der Waals surface area (Å²) in [5.74, 6) is -1.96. The molecule has 0 aromatic rings. The molecule has 0 saturated heterocycles. The summed E-state index contributed by atoms with van der Waals surface area (Å²) in [6, 6.07) is 0.0396. The van der Waals surface area contributed by atoms with Crippen LogP contribution < -0.4 is 0 Å². The molecule has 3 nitrogen and oxygen atoms in total. The van der Waals surface area contributed by atoms with Crippen molar-refractivity contribution < 1.29 is 22.7 Å². The molecular formula is C17H28F3NO2. The molecule has 0 radical (unpaired) electrons. The van der Waals surface area contributed by atoms with Gasteiger partial charge < -0.3 is 9.64 Å². The van der Waals surface area contributed by atoms with Crippen molar-refractivity contribution in [2.75, 3.05) is 13.7 Å². The third kappa shape index (κ3) is 3.67. The monoisotopic (exact) mass is 335 g/mol. The zero-order valence-corrected chi connectivity index (χ0v) is 14.4. The highest BCUT2D eigenvalue weighted by atomic mass is 19.4. The summed E-state index contributed by atoms with van der Waals surface area (Å²) in [6.45, 7) is 6.70. The molecule has 1 amide bonds. The van der Waals surface area contributed by atoms with Crippen LogP contribution in [0, 0.1) is 17.3 Å². The first-order chi connectivity index (χ1) is 10.6. The van der Waals surface area contributed by atoms with Crippen LogP contribution in [0.5, 0.6) is 0 Å². The lowest BCUT2D eigenvalue weighted by molar-refractivity contribution is -0.190. The summed E-state index contributed by atoms with van der Waals surface area (Å²) in [5, 5.41) is 0. The van der Waals surface area contributed by atoms with Crippen molar-refractivity contribution in [3.63, 3.8) is 0 Å². The molecule has 0 spiro atoms. The molecule has 0 unspecified atom stereocenters. The Morgan fingerprint density at radius 1 is 1.26 bits per heavy atom. The van der Waals surface area contributed by atoms with Gasteiger partial charge in [0.15, 0.2) is 0 Å². The van der Waals surface area contributed by atoms with E-state index in [1.165, 1.54) is 0 Å². The Morgan fingerprint density at radius 2 is 1.91 bits per heavy atom. The highest BCUT2D eigenvalue weighted by Gasteiger charge is 2.53. The molecule has 2 fully saturated rings. The predicted octanol–water partition coefficient (Wildman–Crippen LogP) is 4.02. The number of carbonyl (C=O) groups excluding carboxylic acids is 1. The predicted molar refractivity (Wildman–Crippen MR) is 81.9 cm³/mol. The summed E-state index contributed by atoms with van der Waals surface area (Å²) in [4.78, 5) is 14.4. The molecule has 2 aliphatic rings. The fraction of sp³-hybridized carbons (Fsp3) is 0.941. The molecule has 0 aliphatic heterocycles. The lowest BCUT2D eigenvalue weighted by Crippen LogP contribution is -2.63. The number of hydrogen-bond donors (Lipinski definition) is 0. The minimum absolute atomic E-state index is 0.0396. The van der Waals surface area contributed by atoms with E-state index in [1.807, 2.05) is 6.92 Å². The second-order valence-corrected chi connectivity index (χ2v) is 7.57. The van der Waals surface area contributed by atoms with E-state index in [1.54, 1.807) is 11.9 Å². The molecule has 0 bridgehead atoms. The minimum Gasteiger partial charge on any atom is -0.378 e. The normalized spacial score (nSPS) is 33.9. The van der Waals surface area contributed by atoms with Crippen molar-refractivity contribution in [2.24, 2.45) is 17.3 Å². The average Bonchev–Trinajstić information content (AvgIpc) is 2.49. The molecule has 0 aromatic carbocycles. The van der Waals surface area contributed by atoms with E-state index in [4.69, 9.17) is 4.74 Å². The summed E-state index contributed by atoms with van der Waals surface area (Å²) < 4.78 is 44.5. The van der Waals surface area contributed by atoms with Crippen molar-refractivity contribution in [3.8, 4) is 0 Å². The van der Waals surface area contributed by atoms with Gasteiger partial charge in [0, 0.05) is 31.0 Å². The van der Waals surface area contributed by atoms with Gasteiger partial charge in [-0.05, 0) is 32.6 Å². The zero-order valence-electron chi connectivity index (χ0n) is 14.4. The zero-order chi connectivity index (χ0) is 17.4. The van der Waals surface area contributed by atoms with Crippen molar-refractivity contribution in [1.82, 2.24) is 4.90 Å². The van der Waals surface area contributed by atoms with Gasteiger partial charge in [0.2, 0.25) is 5.91 Å². The third-order valence-electron chi connectivity index (χ3n) is 5.80. The molecule has 2 rings (SSSR count). The van der Waals surface area contributed by atoms with Crippen LogP contribution in [0.3, 0.4) is 0 Å². The number of carbonyl (C=O) groups is 1. The molecule has 6 heteroatoms. The fourth-order valence-electron chi connectivity index (χ4n) is 4.16.